The summed E-state index contributed by atoms with van der Waals surface area (Å²) in [5.74, 6) is -0.413. The summed E-state index contributed by atoms with van der Waals surface area (Å²) < 4.78 is 15.7. The van der Waals surface area contributed by atoms with Gasteiger partial charge in [-0.2, -0.15) is 0 Å². The van der Waals surface area contributed by atoms with Crippen molar-refractivity contribution in [1.29, 1.82) is 0 Å². The lowest BCUT2D eigenvalue weighted by Gasteiger charge is -2.12. The number of imide groups is 1. The van der Waals surface area contributed by atoms with Gasteiger partial charge in [-0.25, -0.2) is 4.79 Å². The van der Waals surface area contributed by atoms with Crippen molar-refractivity contribution in [3.05, 3.63) is 56.5 Å². The molecule has 3 rings (SSSR count). The SMILES string of the molecule is COC(=O)COc1ccc(/C=C2/SC(=O)N(CC(=O)Nc3ccc(OC)cc3)C2=O)cc1I. The minimum Gasteiger partial charge on any atom is -0.497 e. The number of hydrogen-bond donors (Lipinski definition) is 1. The fraction of sp³-hybridized carbons (Fsp3) is 0.182. The van der Waals surface area contributed by atoms with Gasteiger partial charge < -0.3 is 19.5 Å². The molecule has 0 unspecified atom stereocenters. The monoisotopic (exact) mass is 582 g/mol. The van der Waals surface area contributed by atoms with E-state index < -0.39 is 29.6 Å². The average Bonchev–Trinajstić information content (AvgIpc) is 3.06. The maximum absolute atomic E-state index is 12.7. The number of anilines is 1. The fourth-order valence-corrected chi connectivity index (χ4v) is 4.26. The number of halogens is 1. The summed E-state index contributed by atoms with van der Waals surface area (Å²) in [5.41, 5.74) is 1.19. The van der Waals surface area contributed by atoms with Crippen molar-refractivity contribution in [2.45, 2.75) is 0 Å². The first-order valence-electron chi connectivity index (χ1n) is 9.49. The van der Waals surface area contributed by atoms with E-state index in [1.165, 1.54) is 14.2 Å². The Bertz CT molecular complexity index is 1120. The first-order valence-corrected chi connectivity index (χ1v) is 11.4. The molecule has 11 heteroatoms. The first kappa shape index (κ1) is 24.6. The van der Waals surface area contributed by atoms with Crippen LogP contribution in [0.1, 0.15) is 5.56 Å². The number of rotatable bonds is 8. The molecular weight excluding hydrogens is 563 g/mol. The van der Waals surface area contributed by atoms with Gasteiger partial charge >= 0.3 is 5.97 Å². The third kappa shape index (κ3) is 6.48. The molecule has 3 amide bonds. The molecule has 1 fully saturated rings. The van der Waals surface area contributed by atoms with Gasteiger partial charge in [0.1, 0.15) is 18.0 Å². The molecule has 172 valence electrons. The van der Waals surface area contributed by atoms with E-state index in [2.05, 4.69) is 10.1 Å². The van der Waals surface area contributed by atoms with E-state index in [0.717, 1.165) is 16.7 Å². The van der Waals surface area contributed by atoms with Crippen LogP contribution in [0.5, 0.6) is 11.5 Å². The van der Waals surface area contributed by atoms with Crippen LogP contribution in [0.4, 0.5) is 10.5 Å². The van der Waals surface area contributed by atoms with Gasteiger partial charge in [0, 0.05) is 5.69 Å². The highest BCUT2D eigenvalue weighted by molar-refractivity contribution is 14.1. The maximum Gasteiger partial charge on any atom is 0.343 e. The zero-order chi connectivity index (χ0) is 24.0. The highest BCUT2D eigenvalue weighted by Gasteiger charge is 2.36. The molecule has 0 atom stereocenters. The molecule has 1 aliphatic heterocycles. The molecule has 1 aliphatic rings. The largest absolute Gasteiger partial charge is 0.497 e. The van der Waals surface area contributed by atoms with Crippen molar-refractivity contribution < 1.29 is 33.4 Å². The van der Waals surface area contributed by atoms with Crippen molar-refractivity contribution in [2.24, 2.45) is 0 Å². The summed E-state index contributed by atoms with van der Waals surface area (Å²) in [7, 11) is 2.81. The molecule has 33 heavy (non-hydrogen) atoms. The summed E-state index contributed by atoms with van der Waals surface area (Å²) in [5, 5.41) is 2.12. The Labute approximate surface area is 207 Å². The molecule has 0 bridgehead atoms. The van der Waals surface area contributed by atoms with Gasteiger partial charge in [0.25, 0.3) is 11.1 Å². The second-order valence-electron chi connectivity index (χ2n) is 6.60. The first-order chi connectivity index (χ1) is 15.8. The Morgan fingerprint density at radius 2 is 1.85 bits per heavy atom. The Balaban J connectivity index is 1.64. The highest BCUT2D eigenvalue weighted by atomic mass is 127. The number of thioether (sulfide) groups is 1. The zero-order valence-electron chi connectivity index (χ0n) is 17.6. The number of methoxy groups -OCH3 is 2. The van der Waals surface area contributed by atoms with Gasteiger partial charge in [-0.1, -0.05) is 6.07 Å². The number of carbonyl (C=O) groups excluding carboxylic acids is 4. The van der Waals surface area contributed by atoms with Crippen molar-refractivity contribution in [3.8, 4) is 11.5 Å². The Hall–Kier alpha value is -3.06. The third-order valence-electron chi connectivity index (χ3n) is 4.38. The van der Waals surface area contributed by atoms with Crippen LogP contribution in [0.2, 0.25) is 0 Å². The van der Waals surface area contributed by atoms with Crippen molar-refractivity contribution in [3.63, 3.8) is 0 Å². The average molecular weight is 582 g/mol. The van der Waals surface area contributed by atoms with E-state index in [0.29, 0.717) is 26.3 Å². The van der Waals surface area contributed by atoms with E-state index in [9.17, 15) is 19.2 Å². The van der Waals surface area contributed by atoms with Gasteiger partial charge in [-0.05, 0) is 82.4 Å². The van der Waals surface area contributed by atoms with E-state index in [1.807, 2.05) is 22.6 Å². The molecular formula is C22H19IN2O7S. The van der Waals surface area contributed by atoms with Crippen LogP contribution in [0.3, 0.4) is 0 Å². The van der Waals surface area contributed by atoms with Gasteiger partial charge in [0.2, 0.25) is 5.91 Å². The van der Waals surface area contributed by atoms with Gasteiger partial charge in [0.05, 0.1) is 22.7 Å². The Morgan fingerprint density at radius 1 is 1.12 bits per heavy atom. The number of esters is 1. The molecule has 0 spiro atoms. The van der Waals surface area contributed by atoms with Crippen LogP contribution >= 0.6 is 34.4 Å². The minimum atomic E-state index is -0.545. The Kier molecular flexibility index (Phi) is 8.33. The van der Waals surface area contributed by atoms with Crippen molar-refractivity contribution in [2.75, 3.05) is 32.7 Å². The summed E-state index contributed by atoms with van der Waals surface area (Å²) in [6.45, 7) is -0.616. The molecule has 9 nitrogen and oxygen atoms in total. The molecule has 0 aliphatic carbocycles. The quantitative estimate of drug-likeness (QED) is 0.286. The van der Waals surface area contributed by atoms with Crippen LogP contribution in [0, 0.1) is 3.57 Å². The fourth-order valence-electron chi connectivity index (χ4n) is 2.73. The van der Waals surface area contributed by atoms with Crippen LogP contribution in [-0.2, 0) is 19.1 Å². The number of ether oxygens (including phenoxy) is 3. The van der Waals surface area contributed by atoms with E-state index in [-0.39, 0.29) is 11.5 Å². The van der Waals surface area contributed by atoms with Gasteiger partial charge in [-0.3, -0.25) is 19.3 Å². The number of nitrogens with one attached hydrogen (secondary N) is 1. The summed E-state index contributed by atoms with van der Waals surface area (Å²) in [6, 6.07) is 11.8. The van der Waals surface area contributed by atoms with Crippen molar-refractivity contribution >= 4 is 69.1 Å². The summed E-state index contributed by atoms with van der Waals surface area (Å²) >= 11 is 2.80. The molecule has 2 aromatic rings. The molecule has 1 N–H and O–H groups in total. The summed E-state index contributed by atoms with van der Waals surface area (Å²) in [4.78, 5) is 49.7. The Morgan fingerprint density at radius 3 is 2.48 bits per heavy atom. The topological polar surface area (TPSA) is 111 Å². The normalized spacial score (nSPS) is 14.4. The van der Waals surface area contributed by atoms with Crippen molar-refractivity contribution in [1.82, 2.24) is 4.90 Å². The lowest BCUT2D eigenvalue weighted by molar-refractivity contribution is -0.143. The van der Waals surface area contributed by atoms with Crippen LogP contribution < -0.4 is 14.8 Å². The lowest BCUT2D eigenvalue weighted by atomic mass is 10.2. The predicted molar refractivity (Wildman–Crippen MR) is 131 cm³/mol. The second kappa shape index (κ2) is 11.2. The molecule has 0 saturated carbocycles. The van der Waals surface area contributed by atoms with Gasteiger partial charge in [-0.15, -0.1) is 0 Å². The number of benzene rings is 2. The lowest BCUT2D eigenvalue weighted by Crippen LogP contribution is -2.36. The standard InChI is InChI=1S/C22H19IN2O7S/c1-30-15-6-4-14(5-7-15)24-19(26)11-25-21(28)18(33-22(25)29)10-13-3-8-17(16(23)9-13)32-12-20(27)31-2/h3-10H,11-12H2,1-2H3,(H,24,26)/b18-10+. The number of nitrogens with zero attached hydrogens (tertiary/aromatic N) is 1. The van der Waals surface area contributed by atoms with E-state index >= 15 is 0 Å². The zero-order valence-corrected chi connectivity index (χ0v) is 20.6. The van der Waals surface area contributed by atoms with E-state index in [1.54, 1.807) is 48.5 Å². The number of amides is 3. The predicted octanol–water partition coefficient (Wildman–Crippen LogP) is 3.53. The molecule has 2 aromatic carbocycles. The van der Waals surface area contributed by atoms with Crippen LogP contribution in [0.25, 0.3) is 6.08 Å². The van der Waals surface area contributed by atoms with Crippen LogP contribution in [-0.4, -0.2) is 55.3 Å². The third-order valence-corrected chi connectivity index (χ3v) is 6.13. The molecule has 0 radical (unpaired) electrons. The molecule has 1 heterocycles. The number of hydrogen-bond acceptors (Lipinski definition) is 8. The highest BCUT2D eigenvalue weighted by Crippen LogP contribution is 2.33. The molecule has 0 aromatic heterocycles. The maximum atomic E-state index is 12.7. The van der Waals surface area contributed by atoms with Crippen LogP contribution in [0.15, 0.2) is 47.4 Å². The smallest absolute Gasteiger partial charge is 0.343 e. The number of carbonyl (C=O) groups is 4. The molecule has 1 saturated heterocycles. The van der Waals surface area contributed by atoms with E-state index in [4.69, 9.17) is 9.47 Å². The van der Waals surface area contributed by atoms with Gasteiger partial charge in [0.15, 0.2) is 6.61 Å². The minimum absolute atomic E-state index is 0.205. The second-order valence-corrected chi connectivity index (χ2v) is 8.75. The summed E-state index contributed by atoms with van der Waals surface area (Å²) in [6.07, 6.45) is 1.57.